The number of carboxylic acid groups (broad SMARTS) is 1. The summed E-state index contributed by atoms with van der Waals surface area (Å²) in [6.45, 7) is 1.42. The van der Waals surface area contributed by atoms with E-state index in [0.29, 0.717) is 29.7 Å². The molecule has 0 aliphatic carbocycles. The largest absolute Gasteiger partial charge is 0.481 e. The maximum Gasteiger partial charge on any atom is 0.305 e. The molecule has 1 amide bonds. The second kappa shape index (κ2) is 9.25. The third-order valence-electron chi connectivity index (χ3n) is 4.16. The number of aliphatic carboxylic acids is 1. The van der Waals surface area contributed by atoms with Crippen LogP contribution in [0.1, 0.15) is 31.2 Å². The molecule has 1 aromatic carbocycles. The van der Waals surface area contributed by atoms with E-state index in [1.165, 1.54) is 0 Å². The van der Waals surface area contributed by atoms with Gasteiger partial charge in [0.1, 0.15) is 0 Å². The van der Waals surface area contributed by atoms with E-state index in [4.69, 9.17) is 33.0 Å². The van der Waals surface area contributed by atoms with Crippen LogP contribution in [0.3, 0.4) is 0 Å². The number of nitrogens with zero attached hydrogens (tertiary/aromatic N) is 1. The van der Waals surface area contributed by atoms with Crippen molar-refractivity contribution in [2.24, 2.45) is 0 Å². The van der Waals surface area contributed by atoms with Crippen LogP contribution in [0.4, 0.5) is 0 Å². The minimum absolute atomic E-state index is 0.0421. The number of ether oxygens (including phenoxy) is 1. The average Bonchev–Trinajstić information content (AvgIpc) is 2.57. The van der Waals surface area contributed by atoms with Crippen molar-refractivity contribution in [3.8, 4) is 0 Å². The summed E-state index contributed by atoms with van der Waals surface area (Å²) in [4.78, 5) is 25.2. The molecular weight excluding hydrogens is 353 g/mol. The molecule has 0 atom stereocenters. The molecule has 0 radical (unpaired) electrons. The number of hydrogen-bond donors (Lipinski definition) is 1. The van der Waals surface area contributed by atoms with Crippen LogP contribution in [0.5, 0.6) is 0 Å². The highest BCUT2D eigenvalue weighted by atomic mass is 35.5. The summed E-state index contributed by atoms with van der Waals surface area (Å²) in [5, 5.41) is 9.86. The van der Waals surface area contributed by atoms with Crippen LogP contribution >= 0.6 is 23.2 Å². The number of halogens is 2. The smallest absolute Gasteiger partial charge is 0.305 e. The lowest BCUT2D eigenvalue weighted by atomic mass is 10.0. The van der Waals surface area contributed by atoms with Gasteiger partial charge in [-0.2, -0.15) is 0 Å². The number of hydrogen-bond acceptors (Lipinski definition) is 3. The zero-order valence-corrected chi connectivity index (χ0v) is 14.9. The molecule has 7 heteroatoms. The van der Waals surface area contributed by atoms with Gasteiger partial charge in [0.2, 0.25) is 5.91 Å². The summed E-state index contributed by atoms with van der Waals surface area (Å²) in [7, 11) is 0. The van der Waals surface area contributed by atoms with E-state index in [1.807, 2.05) is 6.07 Å². The molecule has 5 nitrogen and oxygen atoms in total. The standard InChI is InChI=1S/C17H21Cl2NO4/c18-14-3-1-2-12(17(14)19)4-5-15(21)20(9-6-16(22)23)13-7-10-24-11-8-13/h1-3,13H,4-11H2,(H,22,23). The predicted molar refractivity (Wildman–Crippen MR) is 92.6 cm³/mol. The molecular formula is C17H21Cl2NO4. The Labute approximate surface area is 151 Å². The first kappa shape index (κ1) is 19.0. The molecule has 1 heterocycles. The number of carbonyl (C=O) groups excluding carboxylic acids is 1. The van der Waals surface area contributed by atoms with E-state index >= 15 is 0 Å². The van der Waals surface area contributed by atoms with Gasteiger partial charge in [-0.15, -0.1) is 0 Å². The van der Waals surface area contributed by atoms with E-state index in [-0.39, 0.29) is 31.3 Å². The first-order valence-electron chi connectivity index (χ1n) is 8.01. The molecule has 0 unspecified atom stereocenters. The zero-order chi connectivity index (χ0) is 17.5. The first-order valence-corrected chi connectivity index (χ1v) is 8.76. The highest BCUT2D eigenvalue weighted by Gasteiger charge is 2.26. The van der Waals surface area contributed by atoms with Crippen molar-refractivity contribution in [3.63, 3.8) is 0 Å². The lowest BCUT2D eigenvalue weighted by molar-refractivity contribution is -0.140. The van der Waals surface area contributed by atoms with Gasteiger partial charge in [-0.3, -0.25) is 9.59 Å². The van der Waals surface area contributed by atoms with Gasteiger partial charge in [0.15, 0.2) is 0 Å². The topological polar surface area (TPSA) is 66.8 Å². The Kier molecular flexibility index (Phi) is 7.34. The number of rotatable bonds is 7. The number of aryl methyl sites for hydroxylation is 1. The Morgan fingerprint density at radius 3 is 2.58 bits per heavy atom. The molecule has 1 aliphatic rings. The summed E-state index contributed by atoms with van der Waals surface area (Å²) in [5.74, 6) is -0.961. The van der Waals surface area contributed by atoms with Gasteiger partial charge in [-0.25, -0.2) is 0 Å². The summed E-state index contributed by atoms with van der Waals surface area (Å²) in [6, 6.07) is 5.39. The fourth-order valence-electron chi connectivity index (χ4n) is 2.85. The number of carboxylic acids is 1. The van der Waals surface area contributed by atoms with Crippen LogP contribution in [0, 0.1) is 0 Å². The molecule has 1 N–H and O–H groups in total. The van der Waals surface area contributed by atoms with Gasteiger partial charge in [-0.05, 0) is 30.9 Å². The van der Waals surface area contributed by atoms with E-state index in [0.717, 1.165) is 18.4 Å². The van der Waals surface area contributed by atoms with Gasteiger partial charge in [0.05, 0.1) is 16.5 Å². The number of amides is 1. The van der Waals surface area contributed by atoms with Gasteiger partial charge in [0, 0.05) is 32.2 Å². The fourth-order valence-corrected chi connectivity index (χ4v) is 3.27. The fraction of sp³-hybridized carbons (Fsp3) is 0.529. The van der Waals surface area contributed by atoms with Crippen LogP contribution in [0.2, 0.25) is 10.0 Å². The van der Waals surface area contributed by atoms with Crippen molar-refractivity contribution in [2.75, 3.05) is 19.8 Å². The maximum absolute atomic E-state index is 12.6. The van der Waals surface area contributed by atoms with Crippen LogP contribution in [-0.2, 0) is 20.7 Å². The monoisotopic (exact) mass is 373 g/mol. The van der Waals surface area contributed by atoms with Crippen molar-refractivity contribution in [3.05, 3.63) is 33.8 Å². The van der Waals surface area contributed by atoms with Crippen molar-refractivity contribution in [1.82, 2.24) is 4.90 Å². The van der Waals surface area contributed by atoms with Gasteiger partial charge in [0.25, 0.3) is 0 Å². The summed E-state index contributed by atoms with van der Waals surface area (Å²) in [6.07, 6.45) is 2.18. The van der Waals surface area contributed by atoms with Crippen molar-refractivity contribution >= 4 is 35.1 Å². The Morgan fingerprint density at radius 1 is 1.21 bits per heavy atom. The van der Waals surface area contributed by atoms with E-state index in [1.54, 1.807) is 17.0 Å². The van der Waals surface area contributed by atoms with Crippen molar-refractivity contribution in [1.29, 1.82) is 0 Å². The van der Waals surface area contributed by atoms with Gasteiger partial charge < -0.3 is 14.7 Å². The maximum atomic E-state index is 12.6. The SMILES string of the molecule is O=C(O)CCN(C(=O)CCc1cccc(Cl)c1Cl)C1CCOCC1. The van der Waals surface area contributed by atoms with E-state index in [2.05, 4.69) is 0 Å². The van der Waals surface area contributed by atoms with Gasteiger partial charge in [-0.1, -0.05) is 35.3 Å². The molecule has 2 rings (SSSR count). The zero-order valence-electron chi connectivity index (χ0n) is 13.3. The van der Waals surface area contributed by atoms with Crippen LogP contribution in [0.15, 0.2) is 18.2 Å². The van der Waals surface area contributed by atoms with Crippen LogP contribution in [0.25, 0.3) is 0 Å². The summed E-state index contributed by atoms with van der Waals surface area (Å²) < 4.78 is 5.33. The molecule has 0 aromatic heterocycles. The van der Waals surface area contributed by atoms with E-state index in [9.17, 15) is 9.59 Å². The molecule has 0 saturated carbocycles. The highest BCUT2D eigenvalue weighted by molar-refractivity contribution is 6.42. The molecule has 1 aromatic rings. The van der Waals surface area contributed by atoms with E-state index < -0.39 is 5.97 Å². The predicted octanol–water partition coefficient (Wildman–Crippen LogP) is 3.41. The van der Waals surface area contributed by atoms with Crippen LogP contribution < -0.4 is 0 Å². The Hall–Kier alpha value is -1.30. The first-order chi connectivity index (χ1) is 11.5. The molecule has 24 heavy (non-hydrogen) atoms. The summed E-state index contributed by atoms with van der Waals surface area (Å²) >= 11 is 12.1. The minimum Gasteiger partial charge on any atom is -0.481 e. The van der Waals surface area contributed by atoms with Gasteiger partial charge >= 0.3 is 5.97 Å². The Bertz CT molecular complexity index is 588. The minimum atomic E-state index is -0.905. The highest BCUT2D eigenvalue weighted by Crippen LogP contribution is 2.27. The number of benzene rings is 1. The molecule has 0 spiro atoms. The third-order valence-corrected chi connectivity index (χ3v) is 5.02. The summed E-state index contributed by atoms with van der Waals surface area (Å²) in [5.41, 5.74) is 0.822. The molecule has 1 aliphatic heterocycles. The third kappa shape index (κ3) is 5.36. The lowest BCUT2D eigenvalue weighted by Crippen LogP contribution is -2.44. The second-order valence-corrected chi connectivity index (χ2v) is 6.57. The van der Waals surface area contributed by atoms with Crippen LogP contribution in [-0.4, -0.2) is 47.7 Å². The molecule has 1 saturated heterocycles. The Balaban J connectivity index is 2.00. The van der Waals surface area contributed by atoms with Crippen molar-refractivity contribution in [2.45, 2.75) is 38.1 Å². The Morgan fingerprint density at radius 2 is 1.92 bits per heavy atom. The molecule has 0 bridgehead atoms. The molecule has 132 valence electrons. The number of carbonyl (C=O) groups is 2. The van der Waals surface area contributed by atoms with Crippen molar-refractivity contribution < 1.29 is 19.4 Å². The molecule has 1 fully saturated rings. The lowest BCUT2D eigenvalue weighted by Gasteiger charge is -2.34. The second-order valence-electron chi connectivity index (χ2n) is 5.79. The quantitative estimate of drug-likeness (QED) is 0.794. The normalized spacial score (nSPS) is 15.2. The average molecular weight is 374 g/mol.